The van der Waals surface area contributed by atoms with Gasteiger partial charge in [0.15, 0.2) is 0 Å². The Morgan fingerprint density at radius 3 is 2.79 bits per heavy atom. The lowest BCUT2D eigenvalue weighted by Gasteiger charge is -2.46. The van der Waals surface area contributed by atoms with E-state index in [1.54, 1.807) is 0 Å². The number of rotatable bonds is 3. The average Bonchev–Trinajstić information content (AvgIpc) is 2.97. The zero-order chi connectivity index (χ0) is 16.7. The lowest BCUT2D eigenvalue weighted by Crippen LogP contribution is -2.59. The van der Waals surface area contributed by atoms with E-state index in [0.717, 1.165) is 44.4 Å². The summed E-state index contributed by atoms with van der Waals surface area (Å²) in [7, 11) is 0. The molecule has 0 amide bonds. The van der Waals surface area contributed by atoms with Gasteiger partial charge in [-0.25, -0.2) is 0 Å². The smallest absolute Gasteiger partial charge is 0.321 e. The molecule has 5 heteroatoms. The fourth-order valence-electron chi connectivity index (χ4n) is 4.50. The van der Waals surface area contributed by atoms with Gasteiger partial charge in [-0.05, 0) is 37.4 Å². The number of aromatic amines is 1. The molecule has 128 valence electrons. The molecular formula is C19H25N3O2. The van der Waals surface area contributed by atoms with E-state index in [4.69, 9.17) is 0 Å². The number of nitrogens with zero attached hydrogens (tertiary/aromatic N) is 1. The number of H-pyrrole nitrogens is 1. The van der Waals surface area contributed by atoms with Crippen molar-refractivity contribution in [2.75, 3.05) is 19.6 Å². The zero-order valence-electron chi connectivity index (χ0n) is 14.1. The van der Waals surface area contributed by atoms with Crippen molar-refractivity contribution in [1.82, 2.24) is 15.2 Å². The van der Waals surface area contributed by atoms with E-state index in [1.807, 2.05) is 12.1 Å². The molecule has 3 N–H and O–H groups in total. The fourth-order valence-corrected chi connectivity index (χ4v) is 4.50. The number of hydrogen-bond acceptors (Lipinski definition) is 3. The molecule has 0 unspecified atom stereocenters. The number of likely N-dealkylation sites (tertiary alicyclic amines) is 1. The number of para-hydroxylation sites is 1. The van der Waals surface area contributed by atoms with Crippen molar-refractivity contribution in [1.29, 1.82) is 0 Å². The van der Waals surface area contributed by atoms with Crippen molar-refractivity contribution in [2.45, 2.75) is 44.2 Å². The van der Waals surface area contributed by atoms with Gasteiger partial charge in [0.1, 0.15) is 6.04 Å². The standard InChI is InChI=1S/C19H25N3O2/c1-2-9-22-10-7-19(8-11-22)17-14(12-16(21-19)18(23)24)13-5-3-4-6-15(13)20-17/h3-6,16,20-21H,2,7-12H2,1H3,(H,23,24)/t16-/m0/s1. The molecule has 24 heavy (non-hydrogen) atoms. The Labute approximate surface area is 142 Å². The summed E-state index contributed by atoms with van der Waals surface area (Å²) in [6, 6.07) is 7.75. The molecule has 3 heterocycles. The lowest BCUT2D eigenvalue weighted by molar-refractivity contribution is -0.140. The van der Waals surface area contributed by atoms with E-state index in [-0.39, 0.29) is 5.54 Å². The van der Waals surface area contributed by atoms with Gasteiger partial charge in [-0.3, -0.25) is 10.1 Å². The van der Waals surface area contributed by atoms with Gasteiger partial charge >= 0.3 is 5.97 Å². The molecule has 0 saturated carbocycles. The van der Waals surface area contributed by atoms with Crippen molar-refractivity contribution in [3.05, 3.63) is 35.5 Å². The molecule has 1 aromatic heterocycles. The summed E-state index contributed by atoms with van der Waals surface area (Å²) in [6.07, 6.45) is 3.62. The first-order valence-corrected chi connectivity index (χ1v) is 8.96. The van der Waals surface area contributed by atoms with Gasteiger partial charge in [0.2, 0.25) is 0 Å². The van der Waals surface area contributed by atoms with E-state index in [9.17, 15) is 9.90 Å². The summed E-state index contributed by atoms with van der Waals surface area (Å²) in [5, 5.41) is 14.3. The zero-order valence-corrected chi connectivity index (χ0v) is 14.1. The van der Waals surface area contributed by atoms with E-state index in [1.165, 1.54) is 16.6 Å². The van der Waals surface area contributed by atoms with Crippen molar-refractivity contribution < 1.29 is 9.90 Å². The molecule has 5 nitrogen and oxygen atoms in total. The van der Waals surface area contributed by atoms with Crippen LogP contribution in [0.4, 0.5) is 0 Å². The molecule has 1 spiro atoms. The van der Waals surface area contributed by atoms with Crippen molar-refractivity contribution in [3.8, 4) is 0 Å². The number of fused-ring (bicyclic) bond motifs is 4. The summed E-state index contributed by atoms with van der Waals surface area (Å²) in [5.74, 6) is -0.749. The van der Waals surface area contributed by atoms with Crippen LogP contribution in [0.25, 0.3) is 10.9 Å². The van der Waals surface area contributed by atoms with Crippen LogP contribution in [-0.2, 0) is 16.8 Å². The number of carboxylic acid groups (broad SMARTS) is 1. The monoisotopic (exact) mass is 327 g/mol. The van der Waals surface area contributed by atoms with Crippen LogP contribution < -0.4 is 5.32 Å². The van der Waals surface area contributed by atoms with Crippen LogP contribution >= 0.6 is 0 Å². The SMILES string of the molecule is CCCN1CCC2(CC1)N[C@H](C(=O)O)Cc1c2[nH]c2ccccc12. The number of benzene rings is 1. The second kappa shape index (κ2) is 5.90. The minimum absolute atomic E-state index is 0.236. The van der Waals surface area contributed by atoms with Crippen LogP contribution in [0, 0.1) is 0 Å². The van der Waals surface area contributed by atoms with Gasteiger partial charge in [0.25, 0.3) is 0 Å². The predicted molar refractivity (Wildman–Crippen MR) is 94.2 cm³/mol. The average molecular weight is 327 g/mol. The molecule has 0 aliphatic carbocycles. The van der Waals surface area contributed by atoms with Gasteiger partial charge in [-0.1, -0.05) is 25.1 Å². The summed E-state index contributed by atoms with van der Waals surface area (Å²) >= 11 is 0. The highest BCUT2D eigenvalue weighted by molar-refractivity contribution is 5.87. The Balaban J connectivity index is 1.76. The number of carbonyl (C=O) groups is 1. The van der Waals surface area contributed by atoms with Crippen molar-refractivity contribution in [3.63, 3.8) is 0 Å². The molecule has 1 atom stereocenters. The van der Waals surface area contributed by atoms with Crippen LogP contribution in [-0.4, -0.2) is 46.6 Å². The molecule has 2 aliphatic rings. The Morgan fingerprint density at radius 2 is 2.08 bits per heavy atom. The maximum Gasteiger partial charge on any atom is 0.321 e. The van der Waals surface area contributed by atoms with E-state index in [2.05, 4.69) is 34.3 Å². The minimum Gasteiger partial charge on any atom is -0.480 e. The molecule has 2 aliphatic heterocycles. The van der Waals surface area contributed by atoms with Crippen LogP contribution in [0.2, 0.25) is 0 Å². The summed E-state index contributed by atoms with van der Waals surface area (Å²) in [6.45, 7) is 5.36. The molecule has 2 aromatic rings. The first kappa shape index (κ1) is 15.7. The first-order chi connectivity index (χ1) is 11.6. The van der Waals surface area contributed by atoms with Crippen LogP contribution in [0.3, 0.4) is 0 Å². The number of aromatic nitrogens is 1. The van der Waals surface area contributed by atoms with E-state index in [0.29, 0.717) is 6.42 Å². The largest absolute Gasteiger partial charge is 0.480 e. The molecule has 1 aromatic carbocycles. The highest BCUT2D eigenvalue weighted by Gasteiger charge is 2.45. The third-order valence-corrected chi connectivity index (χ3v) is 5.70. The molecule has 1 saturated heterocycles. The van der Waals surface area contributed by atoms with Gasteiger partial charge in [0.05, 0.1) is 5.54 Å². The third-order valence-electron chi connectivity index (χ3n) is 5.70. The predicted octanol–water partition coefficient (Wildman–Crippen LogP) is 2.47. The second-order valence-corrected chi connectivity index (χ2v) is 7.19. The molecule has 1 fully saturated rings. The Kier molecular flexibility index (Phi) is 3.85. The normalized spacial score (nSPS) is 23.5. The summed E-state index contributed by atoms with van der Waals surface area (Å²) in [4.78, 5) is 17.8. The summed E-state index contributed by atoms with van der Waals surface area (Å²) < 4.78 is 0. The second-order valence-electron chi connectivity index (χ2n) is 7.19. The Bertz CT molecular complexity index is 759. The molecule has 4 rings (SSSR count). The van der Waals surface area contributed by atoms with Crippen LogP contribution in [0.5, 0.6) is 0 Å². The Morgan fingerprint density at radius 1 is 1.33 bits per heavy atom. The maximum atomic E-state index is 11.7. The summed E-state index contributed by atoms with van der Waals surface area (Å²) in [5.41, 5.74) is 3.30. The molecule has 0 radical (unpaired) electrons. The van der Waals surface area contributed by atoms with Crippen molar-refractivity contribution >= 4 is 16.9 Å². The minimum atomic E-state index is -0.749. The van der Waals surface area contributed by atoms with Gasteiger partial charge in [-0.2, -0.15) is 0 Å². The van der Waals surface area contributed by atoms with Crippen molar-refractivity contribution in [2.24, 2.45) is 0 Å². The molecular weight excluding hydrogens is 302 g/mol. The van der Waals surface area contributed by atoms with E-state index < -0.39 is 12.0 Å². The first-order valence-electron chi connectivity index (χ1n) is 8.96. The molecule has 0 bridgehead atoms. The van der Waals surface area contributed by atoms with E-state index >= 15 is 0 Å². The number of nitrogens with one attached hydrogen (secondary N) is 2. The highest BCUT2D eigenvalue weighted by atomic mass is 16.4. The number of hydrogen-bond donors (Lipinski definition) is 3. The van der Waals surface area contributed by atoms with Crippen LogP contribution in [0.1, 0.15) is 37.4 Å². The maximum absolute atomic E-state index is 11.7. The van der Waals surface area contributed by atoms with Gasteiger partial charge < -0.3 is 15.0 Å². The topological polar surface area (TPSA) is 68.4 Å². The number of aliphatic carboxylic acids is 1. The van der Waals surface area contributed by atoms with Crippen LogP contribution in [0.15, 0.2) is 24.3 Å². The number of piperidine rings is 1. The lowest BCUT2D eigenvalue weighted by atomic mass is 9.77. The number of carboxylic acids is 1. The third kappa shape index (κ3) is 2.43. The quantitative estimate of drug-likeness (QED) is 0.810. The van der Waals surface area contributed by atoms with Gasteiger partial charge in [0, 0.05) is 36.1 Å². The Hall–Kier alpha value is -1.85. The van der Waals surface area contributed by atoms with Gasteiger partial charge in [-0.15, -0.1) is 0 Å². The highest BCUT2D eigenvalue weighted by Crippen LogP contribution is 2.41. The fraction of sp³-hybridized carbons (Fsp3) is 0.526.